The van der Waals surface area contributed by atoms with E-state index in [-0.39, 0.29) is 18.1 Å². The van der Waals surface area contributed by atoms with Gasteiger partial charge in [-0.05, 0) is 62.1 Å². The molecule has 2 aromatic carbocycles. The van der Waals surface area contributed by atoms with E-state index in [1.807, 2.05) is 19.9 Å². The number of carbonyl (C=O) groups is 2. The van der Waals surface area contributed by atoms with E-state index in [1.54, 1.807) is 12.1 Å². The Kier molecular flexibility index (Phi) is 8.53. The molecule has 2 aromatic rings. The summed E-state index contributed by atoms with van der Waals surface area (Å²) in [5.74, 6) is 0.718. The zero-order valence-corrected chi connectivity index (χ0v) is 18.2. The first-order valence-corrected chi connectivity index (χ1v) is 9.72. The number of nitrogens with one attached hydrogen (secondary N) is 1. The molecule has 0 aliphatic heterocycles. The molecule has 0 atom stereocenters. The highest BCUT2D eigenvalue weighted by Gasteiger charge is 2.16. The minimum atomic E-state index is -0.640. The fourth-order valence-electron chi connectivity index (χ4n) is 2.86. The Morgan fingerprint density at radius 2 is 1.73 bits per heavy atom. The van der Waals surface area contributed by atoms with Crippen LogP contribution >= 0.6 is 0 Å². The van der Waals surface area contributed by atoms with Gasteiger partial charge in [0.25, 0.3) is 5.91 Å². The Bertz CT molecular complexity index is 894. The van der Waals surface area contributed by atoms with Gasteiger partial charge in [0, 0.05) is 12.6 Å². The lowest BCUT2D eigenvalue weighted by atomic mass is 10.1. The van der Waals surface area contributed by atoms with Crippen molar-refractivity contribution in [1.29, 1.82) is 0 Å². The summed E-state index contributed by atoms with van der Waals surface area (Å²) >= 11 is 0. The van der Waals surface area contributed by atoms with Gasteiger partial charge in [-0.2, -0.15) is 0 Å². The van der Waals surface area contributed by atoms with Gasteiger partial charge in [-0.3, -0.25) is 4.79 Å². The lowest BCUT2D eigenvalue weighted by Crippen LogP contribution is -2.30. The number of aryl methyl sites for hydroxylation is 2. The smallest absolute Gasteiger partial charge is 0.342 e. The molecule has 2 rings (SSSR count). The largest absolute Gasteiger partial charge is 0.497 e. The quantitative estimate of drug-likeness (QED) is 0.473. The summed E-state index contributed by atoms with van der Waals surface area (Å²) in [6.07, 6.45) is 0.637. The molecule has 0 aromatic heterocycles. The van der Waals surface area contributed by atoms with E-state index in [1.165, 1.54) is 25.8 Å². The molecular formula is C23H29NO6. The van der Waals surface area contributed by atoms with Crippen LogP contribution in [0, 0.1) is 20.8 Å². The zero-order valence-electron chi connectivity index (χ0n) is 18.2. The van der Waals surface area contributed by atoms with E-state index in [0.717, 1.165) is 16.9 Å². The SMILES string of the molecule is COc1ccc(C(=O)OCC(=O)NCCCOc2cc(C)cc(C)c2C)c(OC)c1. The average Bonchev–Trinajstić information content (AvgIpc) is 2.74. The Hall–Kier alpha value is -3.22. The molecule has 0 spiro atoms. The van der Waals surface area contributed by atoms with Crippen molar-refractivity contribution in [3.8, 4) is 17.2 Å². The maximum atomic E-state index is 12.2. The monoisotopic (exact) mass is 415 g/mol. The fraction of sp³-hybridized carbons (Fsp3) is 0.391. The third kappa shape index (κ3) is 6.40. The summed E-state index contributed by atoms with van der Waals surface area (Å²) in [5, 5.41) is 2.71. The molecule has 0 bridgehead atoms. The van der Waals surface area contributed by atoms with E-state index >= 15 is 0 Å². The molecule has 0 heterocycles. The van der Waals surface area contributed by atoms with Gasteiger partial charge in [0.2, 0.25) is 0 Å². The van der Waals surface area contributed by atoms with Crippen molar-refractivity contribution in [3.05, 3.63) is 52.6 Å². The molecule has 0 unspecified atom stereocenters. The first-order chi connectivity index (χ1) is 14.3. The predicted octanol–water partition coefficient (Wildman–Crippen LogP) is 3.37. The number of carbonyl (C=O) groups excluding carboxylic acids is 2. The topological polar surface area (TPSA) is 83.1 Å². The predicted molar refractivity (Wildman–Crippen MR) is 114 cm³/mol. The van der Waals surface area contributed by atoms with Crippen LogP contribution in [0.5, 0.6) is 17.2 Å². The van der Waals surface area contributed by atoms with Gasteiger partial charge in [-0.15, -0.1) is 0 Å². The number of hydrogen-bond acceptors (Lipinski definition) is 6. The summed E-state index contributed by atoms with van der Waals surface area (Å²) in [7, 11) is 2.96. The van der Waals surface area contributed by atoms with E-state index in [0.29, 0.717) is 31.1 Å². The van der Waals surface area contributed by atoms with Crippen molar-refractivity contribution in [1.82, 2.24) is 5.32 Å². The van der Waals surface area contributed by atoms with Crippen LogP contribution in [0.1, 0.15) is 33.5 Å². The number of benzene rings is 2. The molecule has 1 N–H and O–H groups in total. The number of ether oxygens (including phenoxy) is 4. The maximum absolute atomic E-state index is 12.2. The normalized spacial score (nSPS) is 10.3. The van der Waals surface area contributed by atoms with Crippen LogP contribution in [-0.4, -0.2) is 45.9 Å². The zero-order chi connectivity index (χ0) is 22.1. The second-order valence-electron chi connectivity index (χ2n) is 6.90. The Balaban J connectivity index is 1.72. The van der Waals surface area contributed by atoms with E-state index in [4.69, 9.17) is 18.9 Å². The van der Waals surface area contributed by atoms with Gasteiger partial charge in [-0.25, -0.2) is 4.79 Å². The molecule has 0 saturated carbocycles. The van der Waals surface area contributed by atoms with Gasteiger partial charge >= 0.3 is 5.97 Å². The number of amides is 1. The molecule has 162 valence electrons. The van der Waals surface area contributed by atoms with Crippen molar-refractivity contribution < 1.29 is 28.5 Å². The minimum Gasteiger partial charge on any atom is -0.497 e. The van der Waals surface area contributed by atoms with Gasteiger partial charge in [0.05, 0.1) is 20.8 Å². The van der Waals surface area contributed by atoms with Crippen molar-refractivity contribution >= 4 is 11.9 Å². The Morgan fingerprint density at radius 1 is 0.967 bits per heavy atom. The first kappa shape index (κ1) is 23.1. The van der Waals surface area contributed by atoms with Gasteiger partial charge < -0.3 is 24.3 Å². The summed E-state index contributed by atoms with van der Waals surface area (Å²) in [6.45, 7) is 6.64. The Morgan fingerprint density at radius 3 is 2.43 bits per heavy atom. The van der Waals surface area contributed by atoms with Crippen LogP contribution in [-0.2, 0) is 9.53 Å². The van der Waals surface area contributed by atoms with Crippen molar-refractivity contribution in [2.24, 2.45) is 0 Å². The van der Waals surface area contributed by atoms with Crippen LogP contribution < -0.4 is 19.5 Å². The van der Waals surface area contributed by atoms with Crippen molar-refractivity contribution in [2.45, 2.75) is 27.2 Å². The number of hydrogen-bond donors (Lipinski definition) is 1. The highest BCUT2D eigenvalue weighted by atomic mass is 16.5. The van der Waals surface area contributed by atoms with Crippen LogP contribution in [0.15, 0.2) is 30.3 Å². The van der Waals surface area contributed by atoms with Gasteiger partial charge in [0.1, 0.15) is 22.8 Å². The minimum absolute atomic E-state index is 0.225. The standard InChI is InChI=1S/C23H29NO6/c1-15-11-16(2)17(3)20(12-15)29-10-6-9-24-22(25)14-30-23(26)19-8-7-18(27-4)13-21(19)28-5/h7-8,11-13H,6,9-10,14H2,1-5H3,(H,24,25). The highest BCUT2D eigenvalue weighted by molar-refractivity contribution is 5.94. The molecule has 30 heavy (non-hydrogen) atoms. The van der Waals surface area contributed by atoms with E-state index in [2.05, 4.69) is 18.3 Å². The number of esters is 1. The van der Waals surface area contributed by atoms with Crippen molar-refractivity contribution in [3.63, 3.8) is 0 Å². The first-order valence-electron chi connectivity index (χ1n) is 9.72. The van der Waals surface area contributed by atoms with Crippen LogP contribution in [0.2, 0.25) is 0 Å². The molecule has 7 heteroatoms. The molecule has 7 nitrogen and oxygen atoms in total. The van der Waals surface area contributed by atoms with E-state index < -0.39 is 5.97 Å². The lowest BCUT2D eigenvalue weighted by molar-refractivity contribution is -0.124. The second-order valence-corrected chi connectivity index (χ2v) is 6.90. The van der Waals surface area contributed by atoms with Crippen molar-refractivity contribution in [2.75, 3.05) is 34.0 Å². The number of rotatable bonds is 10. The molecule has 0 fully saturated rings. The summed E-state index contributed by atoms with van der Waals surface area (Å²) in [5.41, 5.74) is 3.68. The lowest BCUT2D eigenvalue weighted by Gasteiger charge is -2.13. The Labute approximate surface area is 177 Å². The molecule has 0 saturated heterocycles. The van der Waals surface area contributed by atoms with Crippen LogP contribution in [0.4, 0.5) is 0 Å². The highest BCUT2D eigenvalue weighted by Crippen LogP contribution is 2.25. The second kappa shape index (κ2) is 11.1. The number of methoxy groups -OCH3 is 2. The van der Waals surface area contributed by atoms with Gasteiger partial charge in [-0.1, -0.05) is 6.07 Å². The molecule has 1 amide bonds. The fourth-order valence-corrected chi connectivity index (χ4v) is 2.86. The summed E-state index contributed by atoms with van der Waals surface area (Å²) < 4.78 is 21.2. The molecule has 0 radical (unpaired) electrons. The van der Waals surface area contributed by atoms with Gasteiger partial charge in [0.15, 0.2) is 6.61 Å². The van der Waals surface area contributed by atoms with E-state index in [9.17, 15) is 9.59 Å². The summed E-state index contributed by atoms with van der Waals surface area (Å²) in [6, 6.07) is 8.86. The maximum Gasteiger partial charge on any atom is 0.342 e. The van der Waals surface area contributed by atoms with Crippen LogP contribution in [0.3, 0.4) is 0 Å². The average molecular weight is 415 g/mol. The van der Waals surface area contributed by atoms with Crippen LogP contribution in [0.25, 0.3) is 0 Å². The third-order valence-electron chi connectivity index (χ3n) is 4.63. The molecular weight excluding hydrogens is 386 g/mol. The molecule has 0 aliphatic carbocycles. The third-order valence-corrected chi connectivity index (χ3v) is 4.63. The summed E-state index contributed by atoms with van der Waals surface area (Å²) in [4.78, 5) is 24.1. The molecule has 0 aliphatic rings.